The van der Waals surface area contributed by atoms with Crippen LogP contribution in [0.15, 0.2) is 0 Å². The first-order valence-corrected chi connectivity index (χ1v) is 6.87. The second-order valence-corrected chi connectivity index (χ2v) is 5.39. The van der Waals surface area contributed by atoms with Crippen molar-refractivity contribution in [2.45, 2.75) is 46.5 Å². The molecule has 14 heavy (non-hydrogen) atoms. The van der Waals surface area contributed by atoms with Gasteiger partial charge in [-0.05, 0) is 12.8 Å². The van der Waals surface area contributed by atoms with Crippen LogP contribution in [0.4, 0.5) is 0 Å². The molecule has 0 saturated heterocycles. The molecule has 0 aliphatic carbocycles. The van der Waals surface area contributed by atoms with Crippen molar-refractivity contribution in [3.63, 3.8) is 0 Å². The summed E-state index contributed by atoms with van der Waals surface area (Å²) < 4.78 is 22.3. The molecule has 0 atom stereocenters. The minimum Gasteiger partial charge on any atom is -0.229 e. The summed E-state index contributed by atoms with van der Waals surface area (Å²) in [6.07, 6.45) is 3.55. The van der Waals surface area contributed by atoms with E-state index in [0.29, 0.717) is 11.5 Å². The monoisotopic (exact) mass is 219 g/mol. The number of nitrogens with zero attached hydrogens (tertiary/aromatic N) is 1. The number of unbranched alkanes of at least 4 members (excludes halogenated alkanes) is 2. The molecule has 0 unspecified atom stereocenters. The molecule has 0 radical (unpaired) electrons. The molecule has 0 rings (SSSR count). The predicted octanol–water partition coefficient (Wildman–Crippen LogP) is 2.53. The van der Waals surface area contributed by atoms with Gasteiger partial charge in [0.1, 0.15) is 9.84 Å². The van der Waals surface area contributed by atoms with Crippen LogP contribution in [0.5, 0.6) is 0 Å². The normalized spacial score (nSPS) is 9.86. The molecule has 0 amide bonds. The second-order valence-electron chi connectivity index (χ2n) is 3.08. The summed E-state index contributed by atoms with van der Waals surface area (Å²) in [5, 5.41) is 7.32. The molecule has 0 aliphatic heterocycles. The molecule has 84 valence electrons. The standard InChI is InChI=1S/C8H18O2S.C2H3N/c1-3-5-7-11(9,10)8-6-4-2;1-2-3/h3-8H2,1-2H3;1H3. The molecule has 0 aromatic rings. The minimum atomic E-state index is -2.71. The van der Waals surface area contributed by atoms with Crippen molar-refractivity contribution < 1.29 is 8.42 Å². The Labute approximate surface area is 88.0 Å². The lowest BCUT2D eigenvalue weighted by molar-refractivity contribution is 0.589. The zero-order valence-corrected chi connectivity index (χ0v) is 10.2. The average molecular weight is 219 g/mol. The second kappa shape index (κ2) is 10.5. The zero-order valence-electron chi connectivity index (χ0n) is 9.41. The highest BCUT2D eigenvalue weighted by molar-refractivity contribution is 7.91. The largest absolute Gasteiger partial charge is 0.229 e. The highest BCUT2D eigenvalue weighted by Crippen LogP contribution is 2.00. The summed E-state index contributed by atoms with van der Waals surface area (Å²) in [6, 6.07) is 1.75. The van der Waals surface area contributed by atoms with Crippen molar-refractivity contribution in [3.05, 3.63) is 0 Å². The van der Waals surface area contributed by atoms with Crippen LogP contribution in [-0.4, -0.2) is 19.9 Å². The fraction of sp³-hybridized carbons (Fsp3) is 0.900. The van der Waals surface area contributed by atoms with Gasteiger partial charge in [0.15, 0.2) is 0 Å². The van der Waals surface area contributed by atoms with Gasteiger partial charge in [-0.25, -0.2) is 8.42 Å². The maximum atomic E-state index is 11.1. The summed E-state index contributed by atoms with van der Waals surface area (Å²) in [6.45, 7) is 5.45. The summed E-state index contributed by atoms with van der Waals surface area (Å²) in [4.78, 5) is 0. The molecule has 0 spiro atoms. The highest BCUT2D eigenvalue weighted by atomic mass is 32.2. The molecular formula is C10H21NO2S. The van der Waals surface area contributed by atoms with Crippen molar-refractivity contribution in [1.82, 2.24) is 0 Å². The molecule has 0 aromatic heterocycles. The van der Waals surface area contributed by atoms with Crippen LogP contribution in [0.25, 0.3) is 0 Å². The van der Waals surface area contributed by atoms with Gasteiger partial charge in [-0.3, -0.25) is 0 Å². The van der Waals surface area contributed by atoms with E-state index in [1.165, 1.54) is 6.92 Å². The van der Waals surface area contributed by atoms with Gasteiger partial charge in [0, 0.05) is 6.92 Å². The molecule has 0 heterocycles. The van der Waals surface area contributed by atoms with Crippen LogP contribution in [0.2, 0.25) is 0 Å². The van der Waals surface area contributed by atoms with E-state index in [-0.39, 0.29) is 0 Å². The Bertz CT molecular complexity index is 225. The van der Waals surface area contributed by atoms with Gasteiger partial charge in [-0.1, -0.05) is 26.7 Å². The number of sulfone groups is 1. The summed E-state index contributed by atoms with van der Waals surface area (Å²) in [5.74, 6) is 0.757. The Balaban J connectivity index is 0. The zero-order chi connectivity index (χ0) is 11.4. The quantitative estimate of drug-likeness (QED) is 0.689. The predicted molar refractivity (Wildman–Crippen MR) is 59.8 cm³/mol. The highest BCUT2D eigenvalue weighted by Gasteiger charge is 2.07. The van der Waals surface area contributed by atoms with Crippen molar-refractivity contribution in [2.75, 3.05) is 11.5 Å². The Hall–Kier alpha value is -0.560. The molecule has 4 heteroatoms. The molecular weight excluding hydrogens is 198 g/mol. The van der Waals surface area contributed by atoms with Crippen LogP contribution in [-0.2, 0) is 9.84 Å². The van der Waals surface area contributed by atoms with Gasteiger partial charge in [0.25, 0.3) is 0 Å². The van der Waals surface area contributed by atoms with Crippen molar-refractivity contribution in [2.24, 2.45) is 0 Å². The van der Waals surface area contributed by atoms with Crippen molar-refractivity contribution in [3.8, 4) is 6.07 Å². The van der Waals surface area contributed by atoms with E-state index in [9.17, 15) is 8.42 Å². The lowest BCUT2D eigenvalue weighted by atomic mass is 10.4. The fourth-order valence-corrected chi connectivity index (χ4v) is 2.49. The first-order chi connectivity index (χ1) is 6.54. The molecule has 3 nitrogen and oxygen atoms in total. The molecule has 0 saturated carbocycles. The van der Waals surface area contributed by atoms with Gasteiger partial charge < -0.3 is 0 Å². The summed E-state index contributed by atoms with van der Waals surface area (Å²) >= 11 is 0. The van der Waals surface area contributed by atoms with E-state index in [1.807, 2.05) is 13.8 Å². The Kier molecular flexibility index (Phi) is 11.9. The van der Waals surface area contributed by atoms with Gasteiger partial charge in [0.2, 0.25) is 0 Å². The molecule has 0 aliphatic rings. The van der Waals surface area contributed by atoms with E-state index in [2.05, 4.69) is 0 Å². The number of hydrogen-bond acceptors (Lipinski definition) is 3. The van der Waals surface area contributed by atoms with Crippen molar-refractivity contribution in [1.29, 1.82) is 5.26 Å². The van der Waals surface area contributed by atoms with Crippen LogP contribution < -0.4 is 0 Å². The summed E-state index contributed by atoms with van der Waals surface area (Å²) in [7, 11) is -2.71. The van der Waals surface area contributed by atoms with Crippen LogP contribution in [0.3, 0.4) is 0 Å². The van der Waals surface area contributed by atoms with E-state index < -0.39 is 9.84 Å². The number of rotatable bonds is 6. The van der Waals surface area contributed by atoms with Crippen molar-refractivity contribution >= 4 is 9.84 Å². The Morgan fingerprint density at radius 3 is 1.57 bits per heavy atom. The van der Waals surface area contributed by atoms with Gasteiger partial charge >= 0.3 is 0 Å². The topological polar surface area (TPSA) is 57.9 Å². The molecule has 0 fully saturated rings. The molecule has 0 N–H and O–H groups in total. The van der Waals surface area contributed by atoms with E-state index >= 15 is 0 Å². The third-order valence-corrected chi connectivity index (χ3v) is 3.44. The maximum Gasteiger partial charge on any atom is 0.150 e. The maximum absolute atomic E-state index is 11.1. The van der Waals surface area contributed by atoms with E-state index in [1.54, 1.807) is 6.07 Å². The Morgan fingerprint density at radius 1 is 1.07 bits per heavy atom. The van der Waals surface area contributed by atoms with Crippen LogP contribution in [0, 0.1) is 11.3 Å². The first kappa shape index (κ1) is 15.9. The van der Waals surface area contributed by atoms with Gasteiger partial charge in [0.05, 0.1) is 17.6 Å². The molecule has 0 bridgehead atoms. The number of hydrogen-bond donors (Lipinski definition) is 0. The first-order valence-electron chi connectivity index (χ1n) is 5.05. The fourth-order valence-electron chi connectivity index (χ4n) is 0.831. The molecule has 0 aromatic carbocycles. The smallest absolute Gasteiger partial charge is 0.150 e. The van der Waals surface area contributed by atoms with E-state index in [4.69, 9.17) is 5.26 Å². The summed E-state index contributed by atoms with van der Waals surface area (Å²) in [5.41, 5.74) is 0. The van der Waals surface area contributed by atoms with E-state index in [0.717, 1.165) is 25.7 Å². The minimum absolute atomic E-state index is 0.378. The lowest BCUT2D eigenvalue weighted by Gasteiger charge is -2.00. The number of nitriles is 1. The van der Waals surface area contributed by atoms with Gasteiger partial charge in [-0.15, -0.1) is 0 Å². The third kappa shape index (κ3) is 14.0. The SMILES string of the molecule is CC#N.CCCCS(=O)(=O)CCCC. The van der Waals surface area contributed by atoms with Crippen LogP contribution >= 0.6 is 0 Å². The van der Waals surface area contributed by atoms with Gasteiger partial charge in [-0.2, -0.15) is 5.26 Å². The third-order valence-electron chi connectivity index (χ3n) is 1.62. The lowest BCUT2D eigenvalue weighted by Crippen LogP contribution is -2.10. The Morgan fingerprint density at radius 2 is 1.36 bits per heavy atom. The van der Waals surface area contributed by atoms with Crippen LogP contribution in [0.1, 0.15) is 46.5 Å². The average Bonchev–Trinajstić information content (AvgIpc) is 2.13.